The molecule has 4 atom stereocenters. The second-order valence-corrected chi connectivity index (χ2v) is 11.8. The van der Waals surface area contributed by atoms with Gasteiger partial charge in [-0.2, -0.15) is 13.5 Å². The number of carbonyl (C=O) groups excluding carboxylic acids is 2. The lowest BCUT2D eigenvalue weighted by Gasteiger charge is -2.31. The summed E-state index contributed by atoms with van der Waals surface area (Å²) >= 11 is 0. The van der Waals surface area contributed by atoms with Crippen molar-refractivity contribution in [2.24, 2.45) is 5.92 Å². The second kappa shape index (κ2) is 13.4. The SMILES string of the molecule is CC(=O)N1CC2CC1CC2Nc1cc(C(=O)CC[C@H](O)CN2CCc3cc(OCc4ocnc4C)ccc3C2)ncn1.S. The fourth-order valence-electron chi connectivity index (χ4n) is 6.56. The lowest BCUT2D eigenvalue weighted by atomic mass is 9.98. The van der Waals surface area contributed by atoms with Gasteiger partial charge in [0.05, 0.1) is 11.8 Å². The van der Waals surface area contributed by atoms with Gasteiger partial charge in [0.15, 0.2) is 17.9 Å². The standard InChI is InChI=1S/C31H38N6O5.H2S/c1-19-30(42-18-34-19)16-41-26-5-3-22-13-36(8-7-21(22)10-26)15-25(39)4-6-29(40)28-12-31(33-17-32-28)35-27-11-24-9-23(27)14-37(24)20(2)38;/h3,5,10,12,17-18,23-25,27,39H,4,6-9,11,13-16H2,1-2H3,(H,32,33,35);1H2/t23?,24?,25-,27?;/m0./s1. The number of carbonyl (C=O) groups is 2. The number of piperidine rings is 1. The van der Waals surface area contributed by atoms with Crippen LogP contribution >= 0.6 is 13.5 Å². The minimum atomic E-state index is -0.610. The molecule has 2 aromatic heterocycles. The lowest BCUT2D eigenvalue weighted by molar-refractivity contribution is -0.130. The number of aryl methyl sites for hydroxylation is 1. The molecule has 6 rings (SSSR count). The molecule has 2 bridgehead atoms. The zero-order chi connectivity index (χ0) is 29.2. The summed E-state index contributed by atoms with van der Waals surface area (Å²) in [4.78, 5) is 41.5. The van der Waals surface area contributed by atoms with Crippen molar-refractivity contribution in [3.63, 3.8) is 0 Å². The number of hydrogen-bond donors (Lipinski definition) is 2. The molecule has 12 heteroatoms. The Hall–Kier alpha value is -3.48. The molecule has 0 radical (unpaired) electrons. The maximum Gasteiger partial charge on any atom is 0.219 e. The van der Waals surface area contributed by atoms with Gasteiger partial charge in [0, 0.05) is 57.7 Å². The number of rotatable bonds is 11. The number of aliphatic hydroxyl groups is 1. The van der Waals surface area contributed by atoms with Crippen molar-refractivity contribution >= 4 is 31.0 Å². The Morgan fingerprint density at radius 3 is 2.79 bits per heavy atom. The third kappa shape index (κ3) is 7.19. The summed E-state index contributed by atoms with van der Waals surface area (Å²) in [6, 6.07) is 8.35. The number of nitrogens with zero attached hydrogens (tertiary/aromatic N) is 5. The van der Waals surface area contributed by atoms with Crippen molar-refractivity contribution < 1.29 is 23.8 Å². The molecule has 1 aliphatic carbocycles. The number of amides is 1. The Kier molecular flexibility index (Phi) is 9.68. The molecule has 2 N–H and O–H groups in total. The van der Waals surface area contributed by atoms with Crippen molar-refractivity contribution in [1.29, 1.82) is 0 Å². The summed E-state index contributed by atoms with van der Waals surface area (Å²) in [6.07, 6.45) is 5.59. The highest BCUT2D eigenvalue weighted by atomic mass is 32.1. The van der Waals surface area contributed by atoms with Crippen LogP contribution in [0.25, 0.3) is 0 Å². The third-order valence-corrected chi connectivity index (χ3v) is 8.89. The number of aliphatic hydroxyl groups excluding tert-OH is 1. The smallest absolute Gasteiger partial charge is 0.219 e. The van der Waals surface area contributed by atoms with E-state index < -0.39 is 6.10 Å². The van der Waals surface area contributed by atoms with E-state index in [1.807, 2.05) is 17.9 Å². The zero-order valence-electron chi connectivity index (χ0n) is 24.7. The topological polar surface area (TPSA) is 134 Å². The van der Waals surface area contributed by atoms with Crippen LogP contribution in [0.15, 0.2) is 41.4 Å². The molecule has 0 spiro atoms. The van der Waals surface area contributed by atoms with E-state index in [0.29, 0.717) is 37.0 Å². The Morgan fingerprint density at radius 1 is 1.19 bits per heavy atom. The quantitative estimate of drug-likeness (QED) is 0.313. The fourth-order valence-corrected chi connectivity index (χ4v) is 6.56. The van der Waals surface area contributed by atoms with Crippen molar-refractivity contribution in [1.82, 2.24) is 24.8 Å². The first-order chi connectivity index (χ1) is 20.3. The molecule has 230 valence electrons. The number of oxazole rings is 1. The lowest BCUT2D eigenvalue weighted by Crippen LogP contribution is -2.42. The van der Waals surface area contributed by atoms with Crippen LogP contribution in [0.2, 0.25) is 0 Å². The van der Waals surface area contributed by atoms with Crippen LogP contribution in [-0.2, 0) is 24.4 Å². The molecular weight excluding hydrogens is 568 g/mol. The van der Waals surface area contributed by atoms with Crippen LogP contribution < -0.4 is 10.1 Å². The number of fused-ring (bicyclic) bond motifs is 3. The molecule has 1 saturated heterocycles. The maximum absolute atomic E-state index is 12.9. The van der Waals surface area contributed by atoms with E-state index in [2.05, 4.69) is 37.3 Å². The second-order valence-electron chi connectivity index (χ2n) is 11.8. The number of ketones is 1. The molecule has 2 fully saturated rings. The van der Waals surface area contributed by atoms with Gasteiger partial charge in [0.2, 0.25) is 5.91 Å². The molecule has 11 nitrogen and oxygen atoms in total. The molecular formula is C31H40N6O5S. The summed E-state index contributed by atoms with van der Waals surface area (Å²) in [5, 5.41) is 14.2. The highest BCUT2D eigenvalue weighted by Gasteiger charge is 2.45. The predicted molar refractivity (Wildman–Crippen MR) is 164 cm³/mol. The van der Waals surface area contributed by atoms with E-state index in [-0.39, 0.29) is 43.7 Å². The van der Waals surface area contributed by atoms with Crippen molar-refractivity contribution in [2.75, 3.05) is 25.0 Å². The summed E-state index contributed by atoms with van der Waals surface area (Å²) in [5.74, 6) is 2.59. The van der Waals surface area contributed by atoms with Crippen LogP contribution in [-0.4, -0.2) is 79.4 Å². The Bertz CT molecular complexity index is 1450. The Labute approximate surface area is 258 Å². The van der Waals surface area contributed by atoms with E-state index in [1.165, 1.54) is 23.8 Å². The van der Waals surface area contributed by atoms with E-state index in [0.717, 1.165) is 56.1 Å². The highest BCUT2D eigenvalue weighted by molar-refractivity contribution is 7.59. The molecule has 4 heterocycles. The summed E-state index contributed by atoms with van der Waals surface area (Å²) in [5.41, 5.74) is 3.66. The van der Waals surface area contributed by atoms with E-state index in [4.69, 9.17) is 9.15 Å². The molecule has 1 saturated carbocycles. The van der Waals surface area contributed by atoms with Gasteiger partial charge in [-0.3, -0.25) is 14.5 Å². The number of benzene rings is 1. The zero-order valence-corrected chi connectivity index (χ0v) is 25.7. The maximum atomic E-state index is 12.9. The van der Waals surface area contributed by atoms with E-state index in [9.17, 15) is 14.7 Å². The van der Waals surface area contributed by atoms with Gasteiger partial charge in [-0.25, -0.2) is 15.0 Å². The molecule has 1 aromatic carbocycles. The van der Waals surface area contributed by atoms with E-state index in [1.54, 1.807) is 13.0 Å². The fraction of sp³-hybridized carbons (Fsp3) is 0.516. The largest absolute Gasteiger partial charge is 0.486 e. The number of hydrogen-bond acceptors (Lipinski definition) is 10. The molecule has 1 amide bonds. The van der Waals surface area contributed by atoms with Gasteiger partial charge >= 0.3 is 0 Å². The normalized spacial score (nSPS) is 21.7. The predicted octanol–water partition coefficient (Wildman–Crippen LogP) is 3.27. The average molecular weight is 609 g/mol. The van der Waals surface area contributed by atoms with Gasteiger partial charge in [-0.05, 0) is 61.8 Å². The number of ether oxygens (including phenoxy) is 1. The van der Waals surface area contributed by atoms with Crippen molar-refractivity contribution in [3.05, 3.63) is 65.3 Å². The van der Waals surface area contributed by atoms with Gasteiger partial charge in [0.25, 0.3) is 0 Å². The first kappa shape index (κ1) is 31.0. The molecule has 43 heavy (non-hydrogen) atoms. The summed E-state index contributed by atoms with van der Waals surface area (Å²) in [7, 11) is 0. The minimum absolute atomic E-state index is 0. The van der Waals surface area contributed by atoms with Crippen LogP contribution in [0, 0.1) is 12.8 Å². The van der Waals surface area contributed by atoms with Crippen LogP contribution in [0.5, 0.6) is 5.75 Å². The molecule has 2 aliphatic heterocycles. The first-order valence-electron chi connectivity index (χ1n) is 14.8. The molecule has 3 aliphatic rings. The van der Waals surface area contributed by atoms with Crippen LogP contribution in [0.4, 0.5) is 5.82 Å². The number of likely N-dealkylation sites (tertiary alicyclic amines) is 1. The van der Waals surface area contributed by atoms with Crippen LogP contribution in [0.3, 0.4) is 0 Å². The van der Waals surface area contributed by atoms with E-state index >= 15 is 0 Å². The van der Waals surface area contributed by atoms with Gasteiger partial charge in [0.1, 0.15) is 30.2 Å². The number of nitrogens with one attached hydrogen (secondary N) is 1. The minimum Gasteiger partial charge on any atom is -0.486 e. The van der Waals surface area contributed by atoms with Gasteiger partial charge < -0.3 is 24.5 Å². The number of anilines is 1. The van der Waals surface area contributed by atoms with Crippen molar-refractivity contribution in [2.45, 2.75) is 77.3 Å². The average Bonchev–Trinajstić information content (AvgIpc) is 3.71. The monoisotopic (exact) mass is 608 g/mol. The Morgan fingerprint density at radius 2 is 2.05 bits per heavy atom. The van der Waals surface area contributed by atoms with Gasteiger partial charge in [-0.15, -0.1) is 0 Å². The summed E-state index contributed by atoms with van der Waals surface area (Å²) in [6.45, 7) is 6.72. The number of β-amino-alcohol motifs (C(OH)–C–C–N with tert-alkyl or cyclic N) is 1. The highest BCUT2D eigenvalue weighted by Crippen LogP contribution is 2.39. The molecule has 3 aromatic rings. The summed E-state index contributed by atoms with van der Waals surface area (Å²) < 4.78 is 11.2. The number of aromatic nitrogens is 3. The Balaban J connectivity index is 0.00000368. The van der Waals surface area contributed by atoms with Crippen LogP contribution in [0.1, 0.15) is 65.7 Å². The third-order valence-electron chi connectivity index (χ3n) is 8.89. The first-order valence-corrected chi connectivity index (χ1v) is 14.8. The van der Waals surface area contributed by atoms with Crippen molar-refractivity contribution in [3.8, 4) is 5.75 Å². The molecule has 3 unspecified atom stereocenters. The van der Waals surface area contributed by atoms with Gasteiger partial charge in [-0.1, -0.05) is 6.07 Å². The number of Topliss-reactive ketones (excluding diaryl/α,β-unsaturated/α-hetero) is 1.